The molecule has 0 fully saturated rings. The summed E-state index contributed by atoms with van der Waals surface area (Å²) < 4.78 is 62.5. The summed E-state index contributed by atoms with van der Waals surface area (Å²) in [6.07, 6.45) is -4.49. The molecule has 2 heterocycles. The minimum atomic E-state index is -4.49. The molecule has 0 unspecified atom stereocenters. The molecule has 2 aromatic carbocycles. The van der Waals surface area contributed by atoms with Crippen LogP contribution in [0.2, 0.25) is 0 Å². The van der Waals surface area contributed by atoms with E-state index in [0.29, 0.717) is 22.3 Å². The molecule has 1 aliphatic rings. The normalized spacial score (nSPS) is 14.8. The molecule has 0 atom stereocenters. The highest BCUT2D eigenvalue weighted by Gasteiger charge is 2.46. The number of ether oxygens (including phenoxy) is 1. The first-order chi connectivity index (χ1) is 16.7. The quantitative estimate of drug-likeness (QED) is 0.308. The van der Waals surface area contributed by atoms with Crippen LogP contribution < -0.4 is 10.6 Å². The monoisotopic (exact) mass is 501 g/mol. The van der Waals surface area contributed by atoms with E-state index >= 15 is 4.39 Å². The van der Waals surface area contributed by atoms with Gasteiger partial charge in [-0.15, -0.1) is 0 Å². The maximum atomic E-state index is 15.3. The maximum Gasteiger partial charge on any atom is 0.404 e. The van der Waals surface area contributed by atoms with Gasteiger partial charge >= 0.3 is 11.9 Å². The van der Waals surface area contributed by atoms with Crippen molar-refractivity contribution >= 4 is 22.4 Å². The van der Waals surface area contributed by atoms with Crippen molar-refractivity contribution in [2.24, 2.45) is 5.41 Å². The molecule has 4 rings (SSSR count). The molecule has 1 aliphatic heterocycles. The van der Waals surface area contributed by atoms with Crippen molar-refractivity contribution in [1.29, 1.82) is 0 Å². The number of hydrogen-bond donors (Lipinski definition) is 0. The van der Waals surface area contributed by atoms with Gasteiger partial charge in [0, 0.05) is 28.9 Å². The summed E-state index contributed by atoms with van der Waals surface area (Å²) in [5, 5.41) is 0.176. The van der Waals surface area contributed by atoms with Gasteiger partial charge in [0.15, 0.2) is 5.82 Å². The van der Waals surface area contributed by atoms with E-state index in [1.807, 2.05) is 20.8 Å². The second-order valence-electron chi connectivity index (χ2n) is 10.2. The van der Waals surface area contributed by atoms with Crippen LogP contribution in [0.25, 0.3) is 10.9 Å². The van der Waals surface area contributed by atoms with Crippen molar-refractivity contribution < 1.29 is 22.3 Å². The van der Waals surface area contributed by atoms with Gasteiger partial charge in [-0.3, -0.25) is 4.57 Å². The second-order valence-corrected chi connectivity index (χ2v) is 10.2. The SMILES string of the molecule is CC(C)(C)n1c(=O)nc(N2CCOCc3c(C#CC(C)(C)C(F)(F)F)cccc32)c2c(F)cccc21. The Hall–Kier alpha value is -3.38. The van der Waals surface area contributed by atoms with Crippen LogP contribution in [0.5, 0.6) is 0 Å². The van der Waals surface area contributed by atoms with Crippen LogP contribution in [0.3, 0.4) is 0 Å². The first-order valence-electron chi connectivity index (χ1n) is 11.5. The molecular formula is C27H27F4N3O2. The molecule has 0 aliphatic carbocycles. The van der Waals surface area contributed by atoms with Crippen molar-refractivity contribution in [1.82, 2.24) is 9.55 Å². The van der Waals surface area contributed by atoms with E-state index in [9.17, 15) is 18.0 Å². The lowest BCUT2D eigenvalue weighted by molar-refractivity contribution is -0.190. The lowest BCUT2D eigenvalue weighted by atomic mass is 9.92. The molecule has 190 valence electrons. The first-order valence-corrected chi connectivity index (χ1v) is 11.5. The Labute approximate surface area is 206 Å². The number of fused-ring (bicyclic) bond motifs is 2. The minimum Gasteiger partial charge on any atom is -0.375 e. The molecule has 0 spiro atoms. The maximum absolute atomic E-state index is 15.3. The Morgan fingerprint density at radius 2 is 1.72 bits per heavy atom. The zero-order valence-corrected chi connectivity index (χ0v) is 20.8. The number of aromatic nitrogens is 2. The Kier molecular flexibility index (Phi) is 6.38. The summed E-state index contributed by atoms with van der Waals surface area (Å²) in [7, 11) is 0. The van der Waals surface area contributed by atoms with Crippen molar-refractivity contribution in [3.05, 3.63) is 63.8 Å². The van der Waals surface area contributed by atoms with Gasteiger partial charge in [-0.2, -0.15) is 18.2 Å². The Morgan fingerprint density at radius 1 is 1.03 bits per heavy atom. The smallest absolute Gasteiger partial charge is 0.375 e. The van der Waals surface area contributed by atoms with Crippen LogP contribution in [-0.4, -0.2) is 28.9 Å². The fourth-order valence-electron chi connectivity index (χ4n) is 4.12. The van der Waals surface area contributed by atoms with E-state index in [0.717, 1.165) is 13.8 Å². The van der Waals surface area contributed by atoms with Crippen LogP contribution in [0.15, 0.2) is 41.2 Å². The summed E-state index contributed by atoms with van der Waals surface area (Å²) in [4.78, 5) is 19.1. The third-order valence-electron chi connectivity index (χ3n) is 6.14. The van der Waals surface area contributed by atoms with E-state index < -0.39 is 28.6 Å². The fourth-order valence-corrected chi connectivity index (χ4v) is 4.12. The van der Waals surface area contributed by atoms with Crippen molar-refractivity contribution in [3.63, 3.8) is 0 Å². The van der Waals surface area contributed by atoms with Crippen LogP contribution in [0.1, 0.15) is 45.7 Å². The minimum absolute atomic E-state index is 0.0998. The van der Waals surface area contributed by atoms with E-state index in [-0.39, 0.29) is 31.0 Å². The molecule has 9 heteroatoms. The molecule has 0 N–H and O–H groups in total. The average Bonchev–Trinajstić information content (AvgIpc) is 2.98. The largest absolute Gasteiger partial charge is 0.404 e. The number of halogens is 4. The summed E-state index contributed by atoms with van der Waals surface area (Å²) in [6, 6.07) is 9.55. The fraction of sp³-hybridized carbons (Fsp3) is 0.407. The van der Waals surface area contributed by atoms with Crippen LogP contribution in [-0.2, 0) is 16.9 Å². The van der Waals surface area contributed by atoms with Crippen LogP contribution in [0.4, 0.5) is 29.1 Å². The Bertz CT molecular complexity index is 1440. The molecule has 0 bridgehead atoms. The third kappa shape index (κ3) is 4.58. The van der Waals surface area contributed by atoms with Gasteiger partial charge in [-0.1, -0.05) is 24.0 Å². The number of rotatable bonds is 1. The van der Waals surface area contributed by atoms with Gasteiger partial charge in [0.1, 0.15) is 11.2 Å². The van der Waals surface area contributed by atoms with Gasteiger partial charge in [0.2, 0.25) is 0 Å². The topological polar surface area (TPSA) is 47.4 Å². The molecule has 0 saturated carbocycles. The standard InChI is InChI=1S/C27H27F4N3O2/c1-25(2,3)34-21-11-7-9-19(28)22(21)23(32-24(34)35)33-14-15-36-16-18-17(8-6-10-20(18)33)12-13-26(4,5)27(29,30)31/h6-11H,14-16H2,1-5H3. The zero-order valence-electron chi connectivity index (χ0n) is 20.8. The third-order valence-corrected chi connectivity index (χ3v) is 6.14. The molecule has 0 amide bonds. The van der Waals surface area contributed by atoms with Crippen molar-refractivity contribution in [2.75, 3.05) is 18.1 Å². The van der Waals surface area contributed by atoms with E-state index in [4.69, 9.17) is 4.74 Å². The zero-order chi connectivity index (χ0) is 26.5. The number of anilines is 2. The summed E-state index contributed by atoms with van der Waals surface area (Å²) in [6.45, 7) is 8.14. The van der Waals surface area contributed by atoms with Crippen LogP contribution in [0, 0.1) is 23.1 Å². The highest BCUT2D eigenvalue weighted by molar-refractivity contribution is 5.93. The number of hydrogen-bond acceptors (Lipinski definition) is 4. The van der Waals surface area contributed by atoms with Crippen molar-refractivity contribution in [3.8, 4) is 11.8 Å². The van der Waals surface area contributed by atoms with E-state index in [1.165, 1.54) is 10.6 Å². The van der Waals surface area contributed by atoms with Crippen molar-refractivity contribution in [2.45, 2.75) is 52.9 Å². The van der Waals surface area contributed by atoms with Gasteiger partial charge < -0.3 is 9.64 Å². The van der Waals surface area contributed by atoms with Crippen LogP contribution >= 0.6 is 0 Å². The van der Waals surface area contributed by atoms with Gasteiger partial charge in [0.25, 0.3) is 0 Å². The first kappa shape index (κ1) is 25.7. The molecule has 1 aromatic heterocycles. The highest BCUT2D eigenvalue weighted by Crippen LogP contribution is 2.38. The van der Waals surface area contributed by atoms with Gasteiger partial charge in [-0.05, 0) is 58.9 Å². The van der Waals surface area contributed by atoms with E-state index in [2.05, 4.69) is 16.8 Å². The highest BCUT2D eigenvalue weighted by atomic mass is 19.4. The van der Waals surface area contributed by atoms with Gasteiger partial charge in [0.05, 0.1) is 24.1 Å². The molecule has 0 radical (unpaired) electrons. The number of nitrogens with zero attached hydrogens (tertiary/aromatic N) is 3. The molecular weight excluding hydrogens is 474 g/mol. The number of benzene rings is 2. The lowest BCUT2D eigenvalue weighted by Crippen LogP contribution is -2.37. The molecule has 3 aromatic rings. The molecule has 0 saturated heterocycles. The van der Waals surface area contributed by atoms with Gasteiger partial charge in [-0.25, -0.2) is 9.18 Å². The second kappa shape index (κ2) is 8.93. The Balaban J connectivity index is 1.95. The lowest BCUT2D eigenvalue weighted by Gasteiger charge is -2.29. The summed E-state index contributed by atoms with van der Waals surface area (Å²) >= 11 is 0. The molecule has 36 heavy (non-hydrogen) atoms. The predicted molar refractivity (Wildman–Crippen MR) is 131 cm³/mol. The summed E-state index contributed by atoms with van der Waals surface area (Å²) in [5.74, 6) is 4.59. The summed E-state index contributed by atoms with van der Waals surface area (Å²) in [5.41, 5.74) is -1.54. The average molecular weight is 502 g/mol. The Morgan fingerprint density at radius 3 is 2.39 bits per heavy atom. The number of alkyl halides is 3. The predicted octanol–water partition coefficient (Wildman–Crippen LogP) is 5.90. The van der Waals surface area contributed by atoms with E-state index in [1.54, 1.807) is 35.2 Å². The molecule has 5 nitrogen and oxygen atoms in total.